The van der Waals surface area contributed by atoms with Crippen LogP contribution >= 0.6 is 0 Å². The Morgan fingerprint density at radius 2 is 0.692 bits per heavy atom. The number of hydrogen-bond acceptors (Lipinski definition) is 1. The molecule has 0 amide bonds. The third-order valence-electron chi connectivity index (χ3n) is 14.4. The number of benzene rings is 11. The van der Waals surface area contributed by atoms with Gasteiger partial charge in [0.25, 0.3) is 0 Å². The van der Waals surface area contributed by atoms with Gasteiger partial charge in [-0.05, 0) is 153 Å². The molecule has 0 N–H and O–H groups in total. The van der Waals surface area contributed by atoms with Crippen molar-refractivity contribution in [3.63, 3.8) is 0 Å². The van der Waals surface area contributed by atoms with Crippen molar-refractivity contribution in [3.8, 4) is 66.9 Å². The van der Waals surface area contributed by atoms with Crippen molar-refractivity contribution in [2.75, 3.05) is 0 Å². The lowest BCUT2D eigenvalue weighted by Gasteiger charge is -2.30. The first kappa shape index (κ1) is 36.1. The Labute approximate surface area is 377 Å². The normalized spacial score (nSPS) is 13.0. The molecule has 11 aromatic carbocycles. The van der Waals surface area contributed by atoms with E-state index in [1.165, 1.54) is 110 Å². The van der Waals surface area contributed by atoms with Gasteiger partial charge in [-0.15, -0.1) is 0 Å². The molecule has 2 aliphatic carbocycles. The van der Waals surface area contributed by atoms with Gasteiger partial charge < -0.3 is 0 Å². The summed E-state index contributed by atoms with van der Waals surface area (Å²) in [5, 5.41) is 8.53. The van der Waals surface area contributed by atoms with Crippen LogP contribution in [-0.4, -0.2) is 4.98 Å². The molecule has 0 atom stereocenters. The first-order valence-corrected chi connectivity index (χ1v) is 22.6. The average Bonchev–Trinajstić information content (AvgIpc) is 3.84. The van der Waals surface area contributed by atoms with E-state index in [2.05, 4.69) is 237 Å². The number of pyridine rings is 1. The number of aromatic nitrogens is 1. The summed E-state index contributed by atoms with van der Waals surface area (Å²) in [5.74, 6) is 0. The summed E-state index contributed by atoms with van der Waals surface area (Å²) in [5.41, 5.74) is 20.4. The van der Waals surface area contributed by atoms with E-state index in [0.29, 0.717) is 0 Å². The SMILES string of the molecule is c1ccc2c(c1)-c1ccccc1C21c2ccccc2-c2cc3c(cc21)c(-c1ccc(-c2cc(-c4ccc5ccccc5c4)cc(-c4ccc5ccccc5c4)c2)cc1)nc1ccccc13. The van der Waals surface area contributed by atoms with Crippen molar-refractivity contribution < 1.29 is 0 Å². The number of fused-ring (bicyclic) bond motifs is 15. The fourth-order valence-corrected chi connectivity index (χ4v) is 11.4. The van der Waals surface area contributed by atoms with Gasteiger partial charge in [0.05, 0.1) is 16.6 Å². The minimum atomic E-state index is -0.432. The summed E-state index contributed by atoms with van der Waals surface area (Å²) in [6.07, 6.45) is 0. The van der Waals surface area contributed by atoms with Gasteiger partial charge in [0, 0.05) is 16.3 Å². The van der Waals surface area contributed by atoms with Crippen molar-refractivity contribution >= 4 is 43.2 Å². The summed E-state index contributed by atoms with van der Waals surface area (Å²) in [4.78, 5) is 5.51. The summed E-state index contributed by atoms with van der Waals surface area (Å²) >= 11 is 0. The highest BCUT2D eigenvalue weighted by Crippen LogP contribution is 2.63. The molecule has 0 unspecified atom stereocenters. The third kappa shape index (κ3) is 5.30. The Hall–Kier alpha value is -8.39. The first-order valence-electron chi connectivity index (χ1n) is 22.6. The Balaban J connectivity index is 0.959. The second-order valence-corrected chi connectivity index (χ2v) is 17.8. The molecule has 2 aliphatic rings. The Kier molecular flexibility index (Phi) is 7.67. The predicted octanol–water partition coefficient (Wildman–Crippen LogP) is 16.7. The fraction of sp³-hybridized carbons (Fsp3) is 0.0156. The molecule has 12 aromatic rings. The molecule has 0 radical (unpaired) electrons. The molecule has 1 heteroatoms. The minimum absolute atomic E-state index is 0.432. The van der Waals surface area contributed by atoms with E-state index >= 15 is 0 Å². The van der Waals surface area contributed by atoms with Gasteiger partial charge in [0.15, 0.2) is 0 Å². The van der Waals surface area contributed by atoms with Crippen LogP contribution in [0, 0.1) is 0 Å². The Bertz CT molecular complexity index is 3800. The van der Waals surface area contributed by atoms with Crippen LogP contribution < -0.4 is 0 Å². The zero-order chi connectivity index (χ0) is 42.6. The molecule has 300 valence electrons. The average molecular weight is 822 g/mol. The molecule has 65 heavy (non-hydrogen) atoms. The maximum absolute atomic E-state index is 5.51. The molecule has 1 spiro atoms. The van der Waals surface area contributed by atoms with Gasteiger partial charge in [-0.25, -0.2) is 4.98 Å². The smallest absolute Gasteiger partial charge is 0.0788 e. The van der Waals surface area contributed by atoms with Crippen LogP contribution in [0.2, 0.25) is 0 Å². The van der Waals surface area contributed by atoms with Gasteiger partial charge in [-0.1, -0.05) is 188 Å². The minimum Gasteiger partial charge on any atom is -0.247 e. The van der Waals surface area contributed by atoms with Crippen LogP contribution in [0.4, 0.5) is 0 Å². The highest BCUT2D eigenvalue weighted by Gasteiger charge is 2.51. The summed E-state index contributed by atoms with van der Waals surface area (Å²) in [6, 6.07) is 87.8. The van der Waals surface area contributed by atoms with E-state index in [9.17, 15) is 0 Å². The second-order valence-electron chi connectivity index (χ2n) is 17.8. The second kappa shape index (κ2) is 13.8. The predicted molar refractivity (Wildman–Crippen MR) is 272 cm³/mol. The van der Waals surface area contributed by atoms with Crippen LogP contribution in [-0.2, 0) is 5.41 Å². The molecule has 0 saturated heterocycles. The monoisotopic (exact) mass is 821 g/mol. The van der Waals surface area contributed by atoms with Crippen molar-refractivity contribution in [2.45, 2.75) is 5.41 Å². The van der Waals surface area contributed by atoms with Crippen molar-refractivity contribution in [3.05, 3.63) is 259 Å². The van der Waals surface area contributed by atoms with Gasteiger partial charge in [-0.3, -0.25) is 0 Å². The van der Waals surface area contributed by atoms with E-state index in [4.69, 9.17) is 4.98 Å². The Morgan fingerprint density at radius 1 is 0.246 bits per heavy atom. The van der Waals surface area contributed by atoms with Gasteiger partial charge in [0.2, 0.25) is 0 Å². The molecule has 1 heterocycles. The van der Waals surface area contributed by atoms with Crippen molar-refractivity contribution in [1.82, 2.24) is 4.98 Å². The molecule has 0 bridgehead atoms. The molecule has 0 saturated carbocycles. The zero-order valence-electron chi connectivity index (χ0n) is 35.5. The summed E-state index contributed by atoms with van der Waals surface area (Å²) in [6.45, 7) is 0. The van der Waals surface area contributed by atoms with Crippen LogP contribution in [0.25, 0.3) is 110 Å². The molecular formula is C64H39N. The van der Waals surface area contributed by atoms with Crippen molar-refractivity contribution in [2.24, 2.45) is 0 Å². The van der Waals surface area contributed by atoms with E-state index in [-0.39, 0.29) is 0 Å². The van der Waals surface area contributed by atoms with Crippen molar-refractivity contribution in [1.29, 1.82) is 0 Å². The van der Waals surface area contributed by atoms with Gasteiger partial charge >= 0.3 is 0 Å². The molecular weight excluding hydrogens is 783 g/mol. The lowest BCUT2D eigenvalue weighted by molar-refractivity contribution is 0.795. The summed E-state index contributed by atoms with van der Waals surface area (Å²) < 4.78 is 0. The first-order chi connectivity index (χ1) is 32.2. The highest BCUT2D eigenvalue weighted by atomic mass is 14.7. The summed E-state index contributed by atoms with van der Waals surface area (Å²) in [7, 11) is 0. The number of hydrogen-bond donors (Lipinski definition) is 0. The molecule has 1 aromatic heterocycles. The van der Waals surface area contributed by atoms with E-state index in [0.717, 1.165) is 22.3 Å². The standard InChI is InChI=1S/C64H39N/c1-3-15-44-33-46(31-27-40(44)13-1)49-35-48(36-50(37-49)47-32-28-41-14-2-4-16-45(41)34-47)42-25-29-43(30-26-42)63-57-39-61-56(38-55(57)54-20-8-12-24-62(54)65-63)53-19-7-11-23-60(53)64(61)58-21-9-5-17-51(58)52-18-6-10-22-59(52)64/h1-39H. The fourth-order valence-electron chi connectivity index (χ4n) is 11.4. The maximum atomic E-state index is 5.51. The van der Waals surface area contributed by atoms with Gasteiger partial charge in [-0.2, -0.15) is 0 Å². The quantitative estimate of drug-likeness (QED) is 0.161. The van der Waals surface area contributed by atoms with Gasteiger partial charge in [0.1, 0.15) is 0 Å². The van der Waals surface area contributed by atoms with E-state index in [1.807, 2.05) is 0 Å². The lowest BCUT2D eigenvalue weighted by Crippen LogP contribution is -2.25. The molecule has 1 nitrogen and oxygen atoms in total. The Morgan fingerprint density at radius 3 is 1.28 bits per heavy atom. The molecule has 14 rings (SSSR count). The number of nitrogens with zero attached hydrogens (tertiary/aromatic N) is 1. The largest absolute Gasteiger partial charge is 0.247 e. The van der Waals surface area contributed by atoms with Crippen LogP contribution in [0.5, 0.6) is 0 Å². The highest BCUT2D eigenvalue weighted by molar-refractivity contribution is 6.14. The number of rotatable bonds is 4. The molecule has 0 aliphatic heterocycles. The van der Waals surface area contributed by atoms with E-state index in [1.54, 1.807) is 0 Å². The number of para-hydroxylation sites is 1. The third-order valence-corrected chi connectivity index (χ3v) is 14.4. The lowest BCUT2D eigenvalue weighted by atomic mass is 9.70. The van der Waals surface area contributed by atoms with E-state index < -0.39 is 5.41 Å². The maximum Gasteiger partial charge on any atom is 0.0788 e. The van der Waals surface area contributed by atoms with Crippen LogP contribution in [0.1, 0.15) is 22.3 Å². The zero-order valence-corrected chi connectivity index (χ0v) is 35.5. The van der Waals surface area contributed by atoms with Crippen LogP contribution in [0.3, 0.4) is 0 Å². The van der Waals surface area contributed by atoms with Crippen LogP contribution in [0.15, 0.2) is 237 Å². The molecule has 0 fully saturated rings. The topological polar surface area (TPSA) is 12.9 Å².